The largest absolute Gasteiger partial charge is 0.356 e. The molecular weight excluding hydrogens is 392 g/mol. The molecule has 1 aromatic rings. The van der Waals surface area contributed by atoms with Crippen molar-refractivity contribution < 1.29 is 8.42 Å². The minimum absolute atomic E-state index is 0.0924. The molecule has 0 bridgehead atoms. The summed E-state index contributed by atoms with van der Waals surface area (Å²) in [5.41, 5.74) is 1.50. The third kappa shape index (κ3) is 5.46. The lowest BCUT2D eigenvalue weighted by Gasteiger charge is -2.19. The van der Waals surface area contributed by atoms with Gasteiger partial charge in [0.25, 0.3) is 0 Å². The van der Waals surface area contributed by atoms with Gasteiger partial charge in [0.2, 0.25) is 10.0 Å². The number of benzene rings is 1. The van der Waals surface area contributed by atoms with Crippen LogP contribution in [-0.2, 0) is 15.4 Å². The van der Waals surface area contributed by atoms with E-state index in [1.54, 1.807) is 14.0 Å². The third-order valence-corrected chi connectivity index (χ3v) is 6.13. The van der Waals surface area contributed by atoms with Gasteiger partial charge in [0.1, 0.15) is 0 Å². The number of halogens is 1. The molecule has 0 unspecified atom stereocenters. The molecule has 0 amide bonds. The van der Waals surface area contributed by atoms with Crippen LogP contribution < -0.4 is 15.4 Å². The second kappa shape index (κ2) is 8.31. The number of nitrogens with zero attached hydrogens (tertiary/aromatic N) is 1. The number of nitrogens with one attached hydrogen (secondary N) is 3. The van der Waals surface area contributed by atoms with E-state index in [4.69, 9.17) is 0 Å². The van der Waals surface area contributed by atoms with Gasteiger partial charge in [0.05, 0.1) is 5.75 Å². The summed E-state index contributed by atoms with van der Waals surface area (Å²) >= 11 is 3.53. The number of aliphatic imine (C=N–C) groups is 1. The summed E-state index contributed by atoms with van der Waals surface area (Å²) in [7, 11) is -1.43. The lowest BCUT2D eigenvalue weighted by Crippen LogP contribution is -2.44. The Kier molecular flexibility index (Phi) is 6.65. The van der Waals surface area contributed by atoms with E-state index in [1.807, 2.05) is 6.07 Å². The molecule has 1 fully saturated rings. The highest BCUT2D eigenvalue weighted by atomic mass is 79.9. The molecule has 0 spiro atoms. The Bertz CT molecular complexity index is 687. The second-order valence-corrected chi connectivity index (χ2v) is 8.95. The maximum Gasteiger partial charge on any atom is 0.211 e. The highest BCUT2D eigenvalue weighted by molar-refractivity contribution is 9.10. The number of hydrogen-bond acceptors (Lipinski definition) is 3. The van der Waals surface area contributed by atoms with Crippen LogP contribution in [0.3, 0.4) is 0 Å². The number of hydrogen-bond donors (Lipinski definition) is 3. The van der Waals surface area contributed by atoms with Crippen molar-refractivity contribution >= 4 is 31.9 Å². The average molecular weight is 417 g/mol. The van der Waals surface area contributed by atoms with E-state index < -0.39 is 10.0 Å². The van der Waals surface area contributed by atoms with Crippen molar-refractivity contribution in [1.29, 1.82) is 0 Å². The molecule has 0 aliphatic heterocycles. The van der Waals surface area contributed by atoms with Gasteiger partial charge in [0.15, 0.2) is 5.96 Å². The highest BCUT2D eigenvalue weighted by Gasteiger charge is 2.44. The number of guanidine groups is 1. The normalized spacial score (nSPS) is 16.7. The fraction of sp³-hybridized carbons (Fsp3) is 0.562. The van der Waals surface area contributed by atoms with Gasteiger partial charge >= 0.3 is 0 Å². The van der Waals surface area contributed by atoms with Crippen LogP contribution in [0.15, 0.2) is 33.7 Å². The van der Waals surface area contributed by atoms with Crippen LogP contribution in [0.5, 0.6) is 0 Å². The summed E-state index contributed by atoms with van der Waals surface area (Å²) in [5.74, 6) is 0.779. The molecule has 0 atom stereocenters. The first-order valence-corrected chi connectivity index (χ1v) is 10.5. The minimum Gasteiger partial charge on any atom is -0.356 e. The molecule has 1 saturated carbocycles. The van der Waals surface area contributed by atoms with Gasteiger partial charge in [-0.15, -0.1) is 0 Å². The fourth-order valence-corrected chi connectivity index (χ4v) is 3.52. The van der Waals surface area contributed by atoms with E-state index in [-0.39, 0.29) is 11.2 Å². The van der Waals surface area contributed by atoms with Gasteiger partial charge in [-0.3, -0.25) is 4.99 Å². The van der Waals surface area contributed by atoms with Crippen LogP contribution in [-0.4, -0.2) is 46.8 Å². The molecule has 0 aromatic heterocycles. The van der Waals surface area contributed by atoms with Crippen LogP contribution in [0, 0.1) is 0 Å². The molecule has 1 aliphatic carbocycles. The van der Waals surface area contributed by atoms with Crippen LogP contribution in [0.4, 0.5) is 0 Å². The van der Waals surface area contributed by atoms with Crippen molar-refractivity contribution in [1.82, 2.24) is 15.4 Å². The zero-order valence-electron chi connectivity index (χ0n) is 14.1. The highest BCUT2D eigenvalue weighted by Crippen LogP contribution is 2.48. The zero-order valence-corrected chi connectivity index (χ0v) is 16.5. The molecule has 8 heteroatoms. The Balaban J connectivity index is 1.80. The Morgan fingerprint density at radius 2 is 2.04 bits per heavy atom. The molecular formula is C16H25BrN4O2S. The van der Waals surface area contributed by atoms with E-state index in [1.165, 1.54) is 5.56 Å². The van der Waals surface area contributed by atoms with Crippen molar-refractivity contribution in [3.8, 4) is 0 Å². The van der Waals surface area contributed by atoms with E-state index in [2.05, 4.69) is 54.5 Å². The summed E-state index contributed by atoms with van der Waals surface area (Å²) in [6.45, 7) is 3.26. The Morgan fingerprint density at radius 1 is 1.29 bits per heavy atom. The van der Waals surface area contributed by atoms with Crippen LogP contribution in [0.25, 0.3) is 0 Å². The molecule has 1 aromatic carbocycles. The predicted octanol–water partition coefficient (Wildman–Crippen LogP) is 1.59. The average Bonchev–Trinajstić information content (AvgIpc) is 3.35. The van der Waals surface area contributed by atoms with E-state index in [0.29, 0.717) is 19.0 Å². The Labute approximate surface area is 152 Å². The van der Waals surface area contributed by atoms with Crippen molar-refractivity contribution in [2.75, 3.05) is 32.4 Å². The molecule has 1 aliphatic rings. The lowest BCUT2D eigenvalue weighted by atomic mass is 9.96. The first-order chi connectivity index (χ1) is 11.4. The molecule has 134 valence electrons. The van der Waals surface area contributed by atoms with Gasteiger partial charge in [-0.25, -0.2) is 13.1 Å². The molecule has 0 radical (unpaired) electrons. The molecule has 2 rings (SSSR count). The molecule has 24 heavy (non-hydrogen) atoms. The van der Waals surface area contributed by atoms with Crippen molar-refractivity contribution in [3.05, 3.63) is 34.3 Å². The SMILES string of the molecule is CCS(=O)(=O)NCCNC(=NC)NCC1(c2cccc(Br)c2)CC1. The van der Waals surface area contributed by atoms with E-state index in [9.17, 15) is 8.42 Å². The lowest BCUT2D eigenvalue weighted by molar-refractivity contribution is 0.581. The first-order valence-electron chi connectivity index (χ1n) is 8.09. The Hall–Kier alpha value is -1.12. The smallest absolute Gasteiger partial charge is 0.211 e. The second-order valence-electron chi connectivity index (χ2n) is 5.94. The van der Waals surface area contributed by atoms with Crippen LogP contribution in [0.1, 0.15) is 25.3 Å². The summed E-state index contributed by atoms with van der Waals surface area (Å²) in [6, 6.07) is 8.43. The molecule has 0 saturated heterocycles. The third-order valence-electron chi connectivity index (χ3n) is 4.23. The van der Waals surface area contributed by atoms with Gasteiger partial charge in [-0.1, -0.05) is 28.1 Å². The van der Waals surface area contributed by atoms with Gasteiger partial charge < -0.3 is 10.6 Å². The molecule has 0 heterocycles. The standard InChI is InChI=1S/C16H25BrN4O2S/c1-3-24(22,23)21-10-9-19-15(18-2)20-12-16(7-8-16)13-5-4-6-14(17)11-13/h4-6,11,21H,3,7-10,12H2,1-2H3,(H2,18,19,20). The summed E-state index contributed by atoms with van der Waals surface area (Å²) < 4.78 is 26.4. The Morgan fingerprint density at radius 3 is 2.62 bits per heavy atom. The van der Waals surface area contributed by atoms with E-state index >= 15 is 0 Å². The number of rotatable bonds is 8. The maximum atomic E-state index is 11.4. The summed E-state index contributed by atoms with van der Waals surface area (Å²) in [4.78, 5) is 4.19. The quantitative estimate of drug-likeness (QED) is 0.341. The van der Waals surface area contributed by atoms with Crippen molar-refractivity contribution in [2.24, 2.45) is 4.99 Å². The van der Waals surface area contributed by atoms with Crippen LogP contribution >= 0.6 is 15.9 Å². The summed E-state index contributed by atoms with van der Waals surface area (Å²) in [5, 5.41) is 6.48. The molecule has 6 nitrogen and oxygen atoms in total. The predicted molar refractivity (Wildman–Crippen MR) is 102 cm³/mol. The van der Waals surface area contributed by atoms with Gasteiger partial charge in [0, 0.05) is 36.6 Å². The summed E-state index contributed by atoms with van der Waals surface area (Å²) in [6.07, 6.45) is 2.31. The fourth-order valence-electron chi connectivity index (χ4n) is 2.50. The monoisotopic (exact) mass is 416 g/mol. The zero-order chi connectivity index (χ0) is 17.6. The van der Waals surface area contributed by atoms with Crippen LogP contribution in [0.2, 0.25) is 0 Å². The van der Waals surface area contributed by atoms with E-state index in [0.717, 1.165) is 23.9 Å². The minimum atomic E-state index is -3.14. The van der Waals surface area contributed by atoms with Gasteiger partial charge in [-0.2, -0.15) is 0 Å². The number of sulfonamides is 1. The maximum absolute atomic E-state index is 11.4. The topological polar surface area (TPSA) is 82.6 Å². The molecule has 3 N–H and O–H groups in total. The van der Waals surface area contributed by atoms with Crippen molar-refractivity contribution in [3.63, 3.8) is 0 Å². The van der Waals surface area contributed by atoms with Gasteiger partial charge in [-0.05, 0) is 37.5 Å². The van der Waals surface area contributed by atoms with Crippen molar-refractivity contribution in [2.45, 2.75) is 25.2 Å². The first kappa shape index (κ1) is 19.2.